The van der Waals surface area contributed by atoms with E-state index in [1.54, 1.807) is 12.1 Å². The Hall–Kier alpha value is -2.07. The van der Waals surface area contributed by atoms with Gasteiger partial charge in [-0.25, -0.2) is 0 Å². The van der Waals surface area contributed by atoms with Gasteiger partial charge in [-0.1, -0.05) is 48.5 Å². The zero-order valence-electron chi connectivity index (χ0n) is 12.8. The van der Waals surface area contributed by atoms with E-state index in [4.69, 9.17) is 0 Å². The summed E-state index contributed by atoms with van der Waals surface area (Å²) in [5.41, 5.74) is 1.85. The lowest BCUT2D eigenvalue weighted by atomic mass is 10.0. The number of amides is 1. The third-order valence-electron chi connectivity index (χ3n) is 3.97. The second kappa shape index (κ2) is 7.47. The number of fused-ring (bicyclic) bond motifs is 1. The van der Waals surface area contributed by atoms with Crippen molar-refractivity contribution >= 4 is 23.5 Å². The molecule has 1 aliphatic rings. The zero-order valence-corrected chi connectivity index (χ0v) is 13.6. The minimum Gasteiger partial charge on any atom is -0.349 e. The SMILES string of the molecule is O=C(CCC(=O)c1ccccc1)N[C@H]1CCSc2ccccc21. The van der Waals surface area contributed by atoms with Gasteiger partial charge in [0, 0.05) is 29.1 Å². The fourth-order valence-electron chi connectivity index (χ4n) is 2.75. The summed E-state index contributed by atoms with van der Waals surface area (Å²) in [5.74, 6) is 0.964. The highest BCUT2D eigenvalue weighted by molar-refractivity contribution is 7.99. The molecule has 0 aromatic heterocycles. The number of benzene rings is 2. The summed E-state index contributed by atoms with van der Waals surface area (Å²) in [4.78, 5) is 25.5. The van der Waals surface area contributed by atoms with Crippen molar-refractivity contribution in [2.75, 3.05) is 5.75 Å². The van der Waals surface area contributed by atoms with E-state index < -0.39 is 0 Å². The number of ketones is 1. The van der Waals surface area contributed by atoms with E-state index in [9.17, 15) is 9.59 Å². The van der Waals surface area contributed by atoms with Crippen molar-refractivity contribution in [1.82, 2.24) is 5.32 Å². The summed E-state index contributed by atoms with van der Waals surface area (Å²) in [7, 11) is 0. The predicted octanol–water partition coefficient (Wildman–Crippen LogP) is 4.00. The lowest BCUT2D eigenvalue weighted by molar-refractivity contribution is -0.121. The molecule has 0 aliphatic carbocycles. The van der Waals surface area contributed by atoms with E-state index in [2.05, 4.69) is 17.4 Å². The standard InChI is InChI=1S/C19H19NO2S/c21-17(14-6-2-1-3-7-14)10-11-19(22)20-16-12-13-23-18-9-5-4-8-15(16)18/h1-9,16H,10-13H2,(H,20,22)/t16-/m0/s1. The van der Waals surface area contributed by atoms with Crippen molar-refractivity contribution in [2.45, 2.75) is 30.2 Å². The molecule has 23 heavy (non-hydrogen) atoms. The average Bonchev–Trinajstić information content (AvgIpc) is 2.61. The Morgan fingerprint density at radius 2 is 1.74 bits per heavy atom. The topological polar surface area (TPSA) is 46.2 Å². The maximum atomic E-state index is 12.2. The number of carbonyl (C=O) groups is 2. The fraction of sp³-hybridized carbons (Fsp3) is 0.263. The van der Waals surface area contributed by atoms with Gasteiger partial charge in [0.1, 0.15) is 0 Å². The van der Waals surface area contributed by atoms with Gasteiger partial charge in [0.2, 0.25) is 5.91 Å². The molecule has 0 bridgehead atoms. The van der Waals surface area contributed by atoms with Gasteiger partial charge in [0.15, 0.2) is 5.78 Å². The normalized spacial score (nSPS) is 16.4. The molecule has 0 spiro atoms. The number of thioether (sulfide) groups is 1. The second-order valence-corrected chi connectivity index (χ2v) is 6.72. The van der Waals surface area contributed by atoms with Crippen molar-refractivity contribution in [3.8, 4) is 0 Å². The molecule has 2 aromatic carbocycles. The van der Waals surface area contributed by atoms with E-state index in [1.807, 2.05) is 42.1 Å². The summed E-state index contributed by atoms with van der Waals surface area (Å²) in [6.07, 6.45) is 1.42. The van der Waals surface area contributed by atoms with Gasteiger partial charge >= 0.3 is 0 Å². The molecule has 1 heterocycles. The van der Waals surface area contributed by atoms with Crippen LogP contribution in [0.4, 0.5) is 0 Å². The molecule has 0 saturated carbocycles. The molecule has 1 amide bonds. The summed E-state index contributed by atoms with van der Waals surface area (Å²) in [6, 6.07) is 17.4. The second-order valence-electron chi connectivity index (χ2n) is 5.58. The van der Waals surface area contributed by atoms with E-state index in [1.165, 1.54) is 10.5 Å². The predicted molar refractivity (Wildman–Crippen MR) is 92.7 cm³/mol. The minimum absolute atomic E-state index is 0.0142. The van der Waals surface area contributed by atoms with Crippen molar-refractivity contribution in [3.05, 3.63) is 65.7 Å². The number of hydrogen-bond donors (Lipinski definition) is 1. The fourth-order valence-corrected chi connectivity index (χ4v) is 3.88. The van der Waals surface area contributed by atoms with Gasteiger partial charge in [-0.2, -0.15) is 0 Å². The number of rotatable bonds is 5. The minimum atomic E-state index is -0.0546. The molecule has 4 heteroatoms. The smallest absolute Gasteiger partial charge is 0.220 e. The van der Waals surface area contributed by atoms with Crippen LogP contribution in [0, 0.1) is 0 Å². The van der Waals surface area contributed by atoms with Gasteiger partial charge in [0.05, 0.1) is 6.04 Å². The van der Waals surface area contributed by atoms with Crippen molar-refractivity contribution in [1.29, 1.82) is 0 Å². The third kappa shape index (κ3) is 4.02. The molecule has 3 rings (SSSR count). The molecule has 3 nitrogen and oxygen atoms in total. The average molecular weight is 325 g/mol. The molecule has 1 N–H and O–H groups in total. The number of Topliss-reactive ketones (excluding diaryl/α,β-unsaturated/α-hetero) is 1. The first kappa shape index (κ1) is 15.8. The Morgan fingerprint density at radius 3 is 2.57 bits per heavy atom. The van der Waals surface area contributed by atoms with Crippen LogP contribution < -0.4 is 5.32 Å². The Labute approximate surface area is 140 Å². The Balaban J connectivity index is 1.55. The molecule has 118 valence electrons. The summed E-state index contributed by atoms with van der Waals surface area (Å²) in [5, 5.41) is 3.08. The molecule has 1 aliphatic heterocycles. The molecule has 0 radical (unpaired) electrons. The zero-order chi connectivity index (χ0) is 16.1. The highest BCUT2D eigenvalue weighted by Crippen LogP contribution is 2.35. The van der Waals surface area contributed by atoms with Crippen LogP contribution in [0.2, 0.25) is 0 Å². The van der Waals surface area contributed by atoms with E-state index in [0.717, 1.165) is 12.2 Å². The van der Waals surface area contributed by atoms with Crippen molar-refractivity contribution in [3.63, 3.8) is 0 Å². The molecule has 2 aromatic rings. The van der Waals surface area contributed by atoms with Gasteiger partial charge in [0.25, 0.3) is 0 Å². The van der Waals surface area contributed by atoms with Gasteiger partial charge in [-0.15, -0.1) is 11.8 Å². The first-order valence-corrected chi connectivity index (χ1v) is 8.82. The summed E-state index contributed by atoms with van der Waals surface area (Å²) < 4.78 is 0. The maximum absolute atomic E-state index is 12.2. The Bertz CT molecular complexity index is 700. The van der Waals surface area contributed by atoms with Crippen molar-refractivity contribution < 1.29 is 9.59 Å². The van der Waals surface area contributed by atoms with Crippen LogP contribution in [0.1, 0.15) is 41.2 Å². The first-order chi connectivity index (χ1) is 11.2. The molecule has 0 saturated heterocycles. The van der Waals surface area contributed by atoms with Crippen LogP contribution >= 0.6 is 11.8 Å². The quantitative estimate of drug-likeness (QED) is 0.845. The molecule has 0 unspecified atom stereocenters. The molecular formula is C19H19NO2S. The highest BCUT2D eigenvalue weighted by atomic mass is 32.2. The number of carbonyl (C=O) groups excluding carboxylic acids is 2. The van der Waals surface area contributed by atoms with Crippen molar-refractivity contribution in [2.24, 2.45) is 0 Å². The number of nitrogens with one attached hydrogen (secondary N) is 1. The summed E-state index contributed by atoms with van der Waals surface area (Å²) >= 11 is 1.83. The van der Waals surface area contributed by atoms with E-state index in [-0.39, 0.29) is 30.6 Å². The lowest BCUT2D eigenvalue weighted by Gasteiger charge is -2.25. The van der Waals surface area contributed by atoms with Crippen LogP contribution in [0.25, 0.3) is 0 Å². The maximum Gasteiger partial charge on any atom is 0.220 e. The Morgan fingerprint density at radius 1 is 1.00 bits per heavy atom. The molecule has 1 atom stereocenters. The first-order valence-electron chi connectivity index (χ1n) is 7.83. The monoisotopic (exact) mass is 325 g/mol. The van der Waals surface area contributed by atoms with Crippen LogP contribution in [0.5, 0.6) is 0 Å². The van der Waals surface area contributed by atoms with E-state index >= 15 is 0 Å². The Kier molecular flexibility index (Phi) is 5.13. The highest BCUT2D eigenvalue weighted by Gasteiger charge is 2.22. The molecular weight excluding hydrogens is 306 g/mol. The van der Waals surface area contributed by atoms with Gasteiger partial charge in [-0.3, -0.25) is 9.59 Å². The van der Waals surface area contributed by atoms with Gasteiger partial charge in [-0.05, 0) is 18.1 Å². The van der Waals surface area contributed by atoms with Gasteiger partial charge < -0.3 is 5.32 Å². The number of hydrogen-bond acceptors (Lipinski definition) is 3. The van der Waals surface area contributed by atoms with Crippen LogP contribution in [0.3, 0.4) is 0 Å². The lowest BCUT2D eigenvalue weighted by Crippen LogP contribution is -2.30. The van der Waals surface area contributed by atoms with E-state index in [0.29, 0.717) is 5.56 Å². The van der Waals surface area contributed by atoms with Crippen LogP contribution in [0.15, 0.2) is 59.5 Å². The van der Waals surface area contributed by atoms with Crippen LogP contribution in [-0.2, 0) is 4.79 Å². The van der Waals surface area contributed by atoms with Crippen LogP contribution in [-0.4, -0.2) is 17.4 Å². The summed E-state index contributed by atoms with van der Waals surface area (Å²) in [6.45, 7) is 0. The largest absolute Gasteiger partial charge is 0.349 e. The third-order valence-corrected chi connectivity index (χ3v) is 5.09. The molecule has 0 fully saturated rings.